The van der Waals surface area contributed by atoms with E-state index in [2.05, 4.69) is 25.3 Å². The third-order valence-electron chi connectivity index (χ3n) is 5.09. The van der Waals surface area contributed by atoms with Crippen molar-refractivity contribution in [1.82, 2.24) is 24.3 Å². The van der Waals surface area contributed by atoms with Gasteiger partial charge in [0.25, 0.3) is 5.56 Å². The van der Waals surface area contributed by atoms with Crippen LogP contribution in [0, 0.1) is 12.7 Å². The van der Waals surface area contributed by atoms with Gasteiger partial charge in [0.15, 0.2) is 11.5 Å². The van der Waals surface area contributed by atoms with E-state index in [9.17, 15) is 9.18 Å². The summed E-state index contributed by atoms with van der Waals surface area (Å²) >= 11 is 1.48. The first kappa shape index (κ1) is 18.4. The lowest BCUT2D eigenvalue weighted by Crippen LogP contribution is -2.21. The Balaban J connectivity index is 1.71. The maximum Gasteiger partial charge on any atom is 0.264 e. The van der Waals surface area contributed by atoms with E-state index in [4.69, 9.17) is 0 Å². The first-order valence-electron chi connectivity index (χ1n) is 9.34. The Bertz CT molecular complexity index is 1450. The summed E-state index contributed by atoms with van der Waals surface area (Å²) in [5, 5.41) is 5.25. The molecule has 1 atom stereocenters. The Morgan fingerprint density at radius 3 is 2.90 bits per heavy atom. The first-order chi connectivity index (χ1) is 14.5. The van der Waals surface area contributed by atoms with E-state index in [1.54, 1.807) is 28.9 Å². The third-order valence-corrected chi connectivity index (χ3v) is 6.09. The van der Waals surface area contributed by atoms with E-state index in [1.807, 2.05) is 25.3 Å². The molecule has 0 saturated carbocycles. The van der Waals surface area contributed by atoms with E-state index in [0.29, 0.717) is 28.1 Å². The minimum Gasteiger partial charge on any atom is -0.362 e. The highest BCUT2D eigenvalue weighted by Gasteiger charge is 2.22. The molecule has 0 saturated heterocycles. The van der Waals surface area contributed by atoms with Gasteiger partial charge in [0, 0.05) is 16.6 Å². The molecule has 5 rings (SSSR count). The number of halogens is 1. The zero-order valence-corrected chi connectivity index (χ0v) is 17.0. The lowest BCUT2D eigenvalue weighted by molar-refractivity contribution is 0.630. The van der Waals surface area contributed by atoms with Crippen LogP contribution in [0.25, 0.3) is 27.1 Å². The Kier molecular flexibility index (Phi) is 4.32. The van der Waals surface area contributed by atoms with Crippen molar-refractivity contribution in [2.24, 2.45) is 0 Å². The Labute approximate surface area is 174 Å². The van der Waals surface area contributed by atoms with Gasteiger partial charge >= 0.3 is 0 Å². The van der Waals surface area contributed by atoms with Crippen LogP contribution in [-0.4, -0.2) is 24.3 Å². The van der Waals surface area contributed by atoms with Gasteiger partial charge in [0.1, 0.15) is 22.5 Å². The second-order valence-electron chi connectivity index (χ2n) is 7.00. The molecule has 30 heavy (non-hydrogen) atoms. The number of aromatic nitrogens is 5. The number of H-pyrrole nitrogens is 1. The maximum absolute atomic E-state index is 14.7. The molecule has 7 nitrogen and oxygen atoms in total. The summed E-state index contributed by atoms with van der Waals surface area (Å²) < 4.78 is 16.3. The Morgan fingerprint density at radius 1 is 1.23 bits per heavy atom. The Morgan fingerprint density at radius 2 is 2.07 bits per heavy atom. The monoisotopic (exact) mass is 420 g/mol. The predicted octanol–water partition coefficient (Wildman–Crippen LogP) is 4.31. The summed E-state index contributed by atoms with van der Waals surface area (Å²) in [5.74, 6) is 0.126. The maximum atomic E-state index is 14.7. The summed E-state index contributed by atoms with van der Waals surface area (Å²) in [7, 11) is 0. The number of nitrogens with one attached hydrogen (secondary N) is 2. The molecule has 0 radical (unpaired) electrons. The number of benzene rings is 1. The molecule has 5 aromatic rings. The van der Waals surface area contributed by atoms with Gasteiger partial charge in [-0.05, 0) is 31.5 Å². The number of fused-ring (bicyclic) bond motifs is 2. The second kappa shape index (κ2) is 7.03. The standard InChI is InChI=1S/C21H17FN6OS/c1-11-8-30-16-7-14(12(2)27-20-18-19(24-9-23-18)25-10-26-20)17(21(29)28(11)16)13-5-3-4-6-15(13)22/h3-10,12H,1-2H3,(H2,23,24,25,26,27). The molecular formula is C21H17FN6OS. The molecule has 0 aliphatic heterocycles. The van der Waals surface area contributed by atoms with Crippen LogP contribution in [0.2, 0.25) is 0 Å². The third kappa shape index (κ3) is 2.86. The molecule has 0 amide bonds. The van der Waals surface area contributed by atoms with Crippen LogP contribution in [0.3, 0.4) is 0 Å². The molecule has 0 aliphatic carbocycles. The summed E-state index contributed by atoms with van der Waals surface area (Å²) in [6, 6.07) is 7.94. The number of pyridine rings is 1. The predicted molar refractivity (Wildman–Crippen MR) is 115 cm³/mol. The highest BCUT2D eigenvalue weighted by Crippen LogP contribution is 2.32. The average Bonchev–Trinajstić information content (AvgIpc) is 3.36. The van der Waals surface area contributed by atoms with Gasteiger partial charge in [-0.25, -0.2) is 19.3 Å². The topological polar surface area (TPSA) is 88.0 Å². The first-order valence-corrected chi connectivity index (χ1v) is 10.2. The molecule has 0 fully saturated rings. The molecule has 2 N–H and O–H groups in total. The van der Waals surface area contributed by atoms with Gasteiger partial charge in [0.2, 0.25) is 0 Å². The minimum atomic E-state index is -0.436. The van der Waals surface area contributed by atoms with Gasteiger partial charge in [-0.1, -0.05) is 18.2 Å². The van der Waals surface area contributed by atoms with E-state index in [0.717, 1.165) is 10.5 Å². The highest BCUT2D eigenvalue weighted by molar-refractivity contribution is 7.15. The van der Waals surface area contributed by atoms with Crippen molar-refractivity contribution in [1.29, 1.82) is 0 Å². The van der Waals surface area contributed by atoms with Crippen LogP contribution in [0.1, 0.15) is 24.2 Å². The molecule has 150 valence electrons. The fourth-order valence-electron chi connectivity index (χ4n) is 3.66. The SMILES string of the molecule is Cc1csc2cc(C(C)Nc3ncnc4nc[nH]c34)c(-c3ccccc3F)c(=O)n12. The molecule has 4 aromatic heterocycles. The zero-order chi connectivity index (χ0) is 20.8. The van der Waals surface area contributed by atoms with Gasteiger partial charge < -0.3 is 10.3 Å². The number of anilines is 1. The highest BCUT2D eigenvalue weighted by atomic mass is 32.1. The summed E-state index contributed by atoms with van der Waals surface area (Å²) in [5.41, 5.74) is 3.09. The lowest BCUT2D eigenvalue weighted by atomic mass is 9.96. The molecule has 4 heterocycles. The number of thiazole rings is 1. The number of hydrogen-bond donors (Lipinski definition) is 2. The average molecular weight is 420 g/mol. The second-order valence-corrected chi connectivity index (χ2v) is 7.89. The van der Waals surface area contributed by atoms with Crippen LogP contribution in [-0.2, 0) is 0 Å². The fourth-order valence-corrected chi connectivity index (χ4v) is 4.58. The molecule has 0 spiro atoms. The summed E-state index contributed by atoms with van der Waals surface area (Å²) in [4.78, 5) is 29.8. The van der Waals surface area contributed by atoms with Gasteiger partial charge in [-0.2, -0.15) is 0 Å². The van der Waals surface area contributed by atoms with E-state index >= 15 is 0 Å². The molecule has 0 aliphatic rings. The number of aromatic amines is 1. The zero-order valence-electron chi connectivity index (χ0n) is 16.2. The van der Waals surface area contributed by atoms with Crippen LogP contribution < -0.4 is 10.9 Å². The molecule has 9 heteroatoms. The normalized spacial score (nSPS) is 12.5. The van der Waals surface area contributed by atoms with Crippen LogP contribution in [0.15, 0.2) is 53.2 Å². The molecule has 1 unspecified atom stereocenters. The molecular weight excluding hydrogens is 403 g/mol. The van der Waals surface area contributed by atoms with Crippen molar-refractivity contribution >= 4 is 33.1 Å². The van der Waals surface area contributed by atoms with Gasteiger partial charge in [-0.15, -0.1) is 11.3 Å². The van der Waals surface area contributed by atoms with Gasteiger partial charge in [-0.3, -0.25) is 9.20 Å². The quantitative estimate of drug-likeness (QED) is 0.452. The van der Waals surface area contributed by atoms with Gasteiger partial charge in [0.05, 0.1) is 17.9 Å². The van der Waals surface area contributed by atoms with Crippen molar-refractivity contribution in [3.8, 4) is 11.1 Å². The van der Waals surface area contributed by atoms with E-state index < -0.39 is 5.82 Å². The summed E-state index contributed by atoms with van der Waals surface area (Å²) in [6.45, 7) is 3.79. The van der Waals surface area contributed by atoms with Crippen LogP contribution >= 0.6 is 11.3 Å². The number of aryl methyl sites for hydroxylation is 1. The minimum absolute atomic E-state index is 0.241. The van der Waals surface area contributed by atoms with Crippen molar-refractivity contribution in [2.75, 3.05) is 5.32 Å². The summed E-state index contributed by atoms with van der Waals surface area (Å²) in [6.07, 6.45) is 2.98. The van der Waals surface area contributed by atoms with E-state index in [1.165, 1.54) is 23.7 Å². The molecule has 0 bridgehead atoms. The molecule has 1 aromatic carbocycles. The lowest BCUT2D eigenvalue weighted by Gasteiger charge is -2.19. The van der Waals surface area contributed by atoms with Crippen molar-refractivity contribution in [3.05, 3.63) is 75.8 Å². The van der Waals surface area contributed by atoms with E-state index in [-0.39, 0.29) is 17.2 Å². The Hall–Kier alpha value is -3.59. The van der Waals surface area contributed by atoms with Crippen LogP contribution in [0.5, 0.6) is 0 Å². The number of rotatable bonds is 4. The largest absolute Gasteiger partial charge is 0.362 e. The number of nitrogens with zero attached hydrogens (tertiary/aromatic N) is 4. The number of hydrogen-bond acceptors (Lipinski definition) is 6. The number of imidazole rings is 1. The smallest absolute Gasteiger partial charge is 0.264 e. The fraction of sp³-hybridized carbons (Fsp3) is 0.143. The van der Waals surface area contributed by atoms with Crippen LogP contribution in [0.4, 0.5) is 10.2 Å². The van der Waals surface area contributed by atoms with Crippen molar-refractivity contribution < 1.29 is 4.39 Å². The van der Waals surface area contributed by atoms with Crippen molar-refractivity contribution in [2.45, 2.75) is 19.9 Å². The van der Waals surface area contributed by atoms with Crippen molar-refractivity contribution in [3.63, 3.8) is 0 Å².